The van der Waals surface area contributed by atoms with Crippen LogP contribution in [0.25, 0.3) is 0 Å². The Morgan fingerprint density at radius 2 is 1.61 bits per heavy atom. The number of nitrogens with zero attached hydrogens (tertiary/aromatic N) is 3. The number of nitrogens with one attached hydrogen (secondary N) is 1. The van der Waals surface area contributed by atoms with Gasteiger partial charge < -0.3 is 25.2 Å². The standard InChI is InChI=1S/C19H19FN4O3.2C2HF3O2/c20-17-9-13(3-6-22-17)19(26)24-7-4-12-8-15(27-16(12)11-24)18(25)23-14-2-1-5-21-10-14;2*3-2(4,5)1(6)7/h1-3,5-6,9-10,12,15-16H,4,7-8,11H2,(H,23,25);2*(H,6,7)/t12-,15?,16-;;/m0../s1. The molecular formula is C23H21F7N4O7. The number of likely N-dealkylation sites (tertiary alicyclic amines) is 1. The average molecular weight is 598 g/mol. The fraction of sp³-hybridized carbons (Fsp3) is 0.391. The second-order valence-corrected chi connectivity index (χ2v) is 8.40. The lowest BCUT2D eigenvalue weighted by Crippen LogP contribution is -2.45. The Hall–Kier alpha value is -4.35. The van der Waals surface area contributed by atoms with E-state index in [1.165, 1.54) is 12.3 Å². The maximum absolute atomic E-state index is 13.3. The van der Waals surface area contributed by atoms with Crippen LogP contribution < -0.4 is 5.32 Å². The van der Waals surface area contributed by atoms with Crippen LogP contribution in [0.1, 0.15) is 23.2 Å². The SMILES string of the molecule is O=C(Nc1cccnc1)C1C[C@@H]2CCN(C(=O)c3ccnc(F)c3)C[C@@H]2O1.O=C(O)C(F)(F)F.O=C(O)C(F)(F)F. The minimum Gasteiger partial charge on any atom is -0.475 e. The molecule has 2 aliphatic rings. The van der Waals surface area contributed by atoms with Gasteiger partial charge in [-0.3, -0.25) is 14.6 Å². The fourth-order valence-electron chi connectivity index (χ4n) is 3.66. The van der Waals surface area contributed by atoms with Gasteiger partial charge in [-0.2, -0.15) is 30.7 Å². The van der Waals surface area contributed by atoms with Gasteiger partial charge in [0.25, 0.3) is 11.8 Å². The molecule has 11 nitrogen and oxygen atoms in total. The molecule has 3 N–H and O–H groups in total. The molecule has 0 spiro atoms. The van der Waals surface area contributed by atoms with E-state index in [1.807, 2.05) is 0 Å². The van der Waals surface area contributed by atoms with Crippen molar-refractivity contribution in [2.75, 3.05) is 18.4 Å². The molecule has 2 aromatic rings. The van der Waals surface area contributed by atoms with E-state index >= 15 is 0 Å². The molecule has 2 aliphatic heterocycles. The van der Waals surface area contributed by atoms with Crippen molar-refractivity contribution in [3.05, 3.63) is 54.4 Å². The van der Waals surface area contributed by atoms with E-state index in [-0.39, 0.29) is 29.4 Å². The van der Waals surface area contributed by atoms with Gasteiger partial charge in [0.2, 0.25) is 5.95 Å². The van der Waals surface area contributed by atoms with Crippen LogP contribution in [0.2, 0.25) is 0 Å². The number of anilines is 1. The molecule has 0 aliphatic carbocycles. The van der Waals surface area contributed by atoms with E-state index in [0.29, 0.717) is 25.2 Å². The number of fused-ring (bicyclic) bond motifs is 1. The smallest absolute Gasteiger partial charge is 0.475 e. The van der Waals surface area contributed by atoms with Gasteiger partial charge >= 0.3 is 24.3 Å². The van der Waals surface area contributed by atoms with Crippen LogP contribution in [0.5, 0.6) is 0 Å². The lowest BCUT2D eigenvalue weighted by Gasteiger charge is -2.34. The van der Waals surface area contributed by atoms with Gasteiger partial charge in [-0.15, -0.1) is 0 Å². The fourth-order valence-corrected chi connectivity index (χ4v) is 3.66. The first-order valence-corrected chi connectivity index (χ1v) is 11.4. The highest BCUT2D eigenvalue weighted by Crippen LogP contribution is 2.34. The zero-order valence-corrected chi connectivity index (χ0v) is 20.5. The first-order valence-electron chi connectivity index (χ1n) is 11.4. The van der Waals surface area contributed by atoms with Gasteiger partial charge in [-0.05, 0) is 37.0 Å². The molecule has 0 aromatic carbocycles. The first kappa shape index (κ1) is 32.9. The van der Waals surface area contributed by atoms with Crippen LogP contribution >= 0.6 is 0 Å². The van der Waals surface area contributed by atoms with E-state index in [2.05, 4.69) is 15.3 Å². The summed E-state index contributed by atoms with van der Waals surface area (Å²) in [5, 5.41) is 17.1. The highest BCUT2D eigenvalue weighted by Gasteiger charge is 2.43. The maximum Gasteiger partial charge on any atom is 0.490 e. The van der Waals surface area contributed by atoms with Crippen molar-refractivity contribution in [1.29, 1.82) is 0 Å². The van der Waals surface area contributed by atoms with Crippen LogP contribution in [0.4, 0.5) is 36.4 Å². The monoisotopic (exact) mass is 598 g/mol. The van der Waals surface area contributed by atoms with Crippen LogP contribution in [0.15, 0.2) is 42.9 Å². The van der Waals surface area contributed by atoms with Gasteiger partial charge in [-0.1, -0.05) is 0 Å². The quantitative estimate of drug-likeness (QED) is 0.357. The van der Waals surface area contributed by atoms with Gasteiger partial charge in [0.05, 0.1) is 18.0 Å². The normalized spacial score (nSPS) is 19.9. The minimum atomic E-state index is -5.08. The average Bonchev–Trinajstić information content (AvgIpc) is 3.32. The van der Waals surface area contributed by atoms with Crippen molar-refractivity contribution in [2.45, 2.75) is 37.4 Å². The van der Waals surface area contributed by atoms with Crippen molar-refractivity contribution in [2.24, 2.45) is 5.92 Å². The van der Waals surface area contributed by atoms with E-state index in [1.54, 1.807) is 29.4 Å². The number of aliphatic carboxylic acids is 2. The van der Waals surface area contributed by atoms with Gasteiger partial charge in [0.15, 0.2) is 0 Å². The van der Waals surface area contributed by atoms with E-state index < -0.39 is 36.3 Å². The Labute approximate surface area is 225 Å². The number of halogens is 7. The number of piperidine rings is 1. The molecule has 18 heteroatoms. The Morgan fingerprint density at radius 3 is 2.12 bits per heavy atom. The topological polar surface area (TPSA) is 159 Å². The maximum atomic E-state index is 13.3. The molecule has 0 saturated carbocycles. The number of rotatable bonds is 3. The predicted molar refractivity (Wildman–Crippen MR) is 122 cm³/mol. The highest BCUT2D eigenvalue weighted by atomic mass is 19.4. The third kappa shape index (κ3) is 10.3. The van der Waals surface area contributed by atoms with Crippen molar-refractivity contribution in [1.82, 2.24) is 14.9 Å². The summed E-state index contributed by atoms with van der Waals surface area (Å²) in [5.41, 5.74) is 0.891. The molecule has 2 fully saturated rings. The number of hydrogen-bond acceptors (Lipinski definition) is 7. The van der Waals surface area contributed by atoms with Crippen molar-refractivity contribution >= 4 is 29.4 Å². The molecule has 4 heterocycles. The Morgan fingerprint density at radius 1 is 1.00 bits per heavy atom. The first-order chi connectivity index (χ1) is 19.0. The van der Waals surface area contributed by atoms with Crippen LogP contribution in [0, 0.1) is 11.9 Å². The number of ether oxygens (including phenoxy) is 1. The molecule has 2 amide bonds. The van der Waals surface area contributed by atoms with Crippen molar-refractivity contribution in [3.8, 4) is 0 Å². The lowest BCUT2D eigenvalue weighted by molar-refractivity contribution is -0.193. The number of pyridine rings is 2. The van der Waals surface area contributed by atoms with Gasteiger partial charge in [-0.25, -0.2) is 14.6 Å². The Balaban J connectivity index is 0.000000349. The summed E-state index contributed by atoms with van der Waals surface area (Å²) < 4.78 is 82.7. The number of carbonyl (C=O) groups is 4. The summed E-state index contributed by atoms with van der Waals surface area (Å²) in [7, 11) is 0. The Bertz CT molecular complexity index is 1200. The summed E-state index contributed by atoms with van der Waals surface area (Å²) in [5.74, 6) is -6.42. The molecule has 4 rings (SSSR count). The summed E-state index contributed by atoms with van der Waals surface area (Å²) in [6.07, 6.45) is -5.04. The largest absolute Gasteiger partial charge is 0.490 e. The van der Waals surface area contributed by atoms with Gasteiger partial charge in [0.1, 0.15) is 6.10 Å². The number of hydrogen-bond donors (Lipinski definition) is 3. The molecule has 41 heavy (non-hydrogen) atoms. The number of aromatic nitrogens is 2. The minimum absolute atomic E-state index is 0.195. The molecule has 1 unspecified atom stereocenters. The molecule has 2 aromatic heterocycles. The molecule has 224 valence electrons. The number of carbonyl (C=O) groups excluding carboxylic acids is 2. The summed E-state index contributed by atoms with van der Waals surface area (Å²) in [4.78, 5) is 51.9. The Kier molecular flexibility index (Phi) is 11.1. The summed E-state index contributed by atoms with van der Waals surface area (Å²) in [6.45, 7) is 0.953. The van der Waals surface area contributed by atoms with E-state index in [0.717, 1.165) is 12.5 Å². The van der Waals surface area contributed by atoms with Crippen LogP contribution in [0.3, 0.4) is 0 Å². The molecule has 2 saturated heterocycles. The number of carboxylic acid groups (broad SMARTS) is 2. The lowest BCUT2D eigenvalue weighted by atomic mass is 9.91. The van der Waals surface area contributed by atoms with Crippen molar-refractivity contribution < 1.29 is 64.9 Å². The zero-order chi connectivity index (χ0) is 31.0. The second-order valence-electron chi connectivity index (χ2n) is 8.40. The molecular weight excluding hydrogens is 577 g/mol. The number of amides is 2. The van der Waals surface area contributed by atoms with E-state index in [9.17, 15) is 40.3 Å². The van der Waals surface area contributed by atoms with Gasteiger partial charge in [0, 0.05) is 37.1 Å². The van der Waals surface area contributed by atoms with Crippen molar-refractivity contribution in [3.63, 3.8) is 0 Å². The summed E-state index contributed by atoms with van der Waals surface area (Å²) in [6, 6.07) is 6.14. The molecule has 0 radical (unpaired) electrons. The predicted octanol–water partition coefficient (Wildman–Crippen LogP) is 3.14. The molecule has 0 bridgehead atoms. The second kappa shape index (κ2) is 13.8. The third-order valence-corrected chi connectivity index (χ3v) is 5.52. The third-order valence-electron chi connectivity index (χ3n) is 5.52. The number of alkyl halides is 6. The van der Waals surface area contributed by atoms with Crippen LogP contribution in [-0.4, -0.2) is 86.5 Å². The zero-order valence-electron chi connectivity index (χ0n) is 20.5. The number of carboxylic acids is 2. The van der Waals surface area contributed by atoms with Crippen LogP contribution in [-0.2, 0) is 19.1 Å². The molecule has 3 atom stereocenters. The van der Waals surface area contributed by atoms with E-state index in [4.69, 9.17) is 24.5 Å². The summed E-state index contributed by atoms with van der Waals surface area (Å²) >= 11 is 0. The highest BCUT2D eigenvalue weighted by molar-refractivity contribution is 5.95.